The van der Waals surface area contributed by atoms with Gasteiger partial charge in [0, 0.05) is 28.0 Å². The Kier molecular flexibility index (Phi) is 4.94. The molecule has 3 heterocycles. The highest BCUT2D eigenvalue weighted by Gasteiger charge is 2.34. The van der Waals surface area contributed by atoms with Crippen LogP contribution in [-0.4, -0.2) is 30.5 Å². The molecule has 1 atom stereocenters. The van der Waals surface area contributed by atoms with Crippen molar-refractivity contribution in [3.8, 4) is 5.75 Å². The van der Waals surface area contributed by atoms with Gasteiger partial charge < -0.3 is 15.4 Å². The fraction of sp³-hybridized carbons (Fsp3) is 0.421. The van der Waals surface area contributed by atoms with Gasteiger partial charge in [0.05, 0.1) is 12.2 Å². The second-order valence-corrected chi connectivity index (χ2v) is 8.51. The van der Waals surface area contributed by atoms with E-state index in [2.05, 4.69) is 38.4 Å². The highest BCUT2D eigenvalue weighted by atomic mass is 79.9. The van der Waals surface area contributed by atoms with E-state index in [1.54, 1.807) is 11.3 Å². The molecule has 1 aromatic heterocycles. The van der Waals surface area contributed by atoms with Crippen LogP contribution in [0.15, 0.2) is 22.7 Å². The van der Waals surface area contributed by atoms with Crippen molar-refractivity contribution >= 4 is 38.2 Å². The number of nitrogens with one attached hydrogen (secondary N) is 2. The van der Waals surface area contributed by atoms with E-state index in [4.69, 9.17) is 4.74 Å². The van der Waals surface area contributed by atoms with Crippen LogP contribution in [0.25, 0.3) is 0 Å². The molecule has 26 heavy (non-hydrogen) atoms. The molecule has 4 rings (SSSR count). The lowest BCUT2D eigenvalue weighted by molar-refractivity contribution is 0.0934. The topological polar surface area (TPSA) is 53.6 Å². The molecule has 0 bridgehead atoms. The van der Waals surface area contributed by atoms with Crippen LogP contribution in [0.4, 0.5) is 5.00 Å². The summed E-state index contributed by atoms with van der Waals surface area (Å²) in [6, 6.07) is 5.89. The zero-order chi connectivity index (χ0) is 18.3. The maximum Gasteiger partial charge on any atom is 0.256 e. The molecule has 1 unspecified atom stereocenters. The summed E-state index contributed by atoms with van der Waals surface area (Å²) in [6.07, 6.45) is 0.645. The monoisotopic (exact) mass is 435 g/mol. The number of rotatable bonds is 4. The summed E-state index contributed by atoms with van der Waals surface area (Å²) in [5, 5.41) is 7.62. The molecule has 2 N–H and O–H groups in total. The number of hydrogen-bond acceptors (Lipinski definition) is 5. The van der Waals surface area contributed by atoms with Crippen molar-refractivity contribution in [3.05, 3.63) is 44.2 Å². The quantitative estimate of drug-likeness (QED) is 0.757. The van der Waals surface area contributed by atoms with Crippen LogP contribution in [0.3, 0.4) is 0 Å². The normalized spacial score (nSPS) is 19.3. The van der Waals surface area contributed by atoms with Gasteiger partial charge in [-0.15, -0.1) is 11.3 Å². The number of likely N-dealkylation sites (N-methyl/N-ethyl adjacent to an activating group) is 1. The van der Waals surface area contributed by atoms with Crippen molar-refractivity contribution < 1.29 is 9.53 Å². The van der Waals surface area contributed by atoms with Gasteiger partial charge >= 0.3 is 0 Å². The number of benzene rings is 1. The van der Waals surface area contributed by atoms with Crippen LogP contribution in [0.5, 0.6) is 5.75 Å². The average Bonchev–Trinajstić information content (AvgIpc) is 3.01. The summed E-state index contributed by atoms with van der Waals surface area (Å²) in [5.74, 6) is 0.795. The Morgan fingerprint density at radius 1 is 1.35 bits per heavy atom. The Hall–Kier alpha value is -1.57. The third kappa shape index (κ3) is 3.12. The number of hydrogen-bond donors (Lipinski definition) is 2. The number of ether oxygens (including phenoxy) is 1. The van der Waals surface area contributed by atoms with Crippen molar-refractivity contribution in [3.63, 3.8) is 0 Å². The molecule has 2 aliphatic heterocycles. The van der Waals surface area contributed by atoms with Crippen LogP contribution in [0.1, 0.15) is 46.4 Å². The third-order valence-corrected chi connectivity index (χ3v) is 6.59. The highest BCUT2D eigenvalue weighted by molar-refractivity contribution is 9.10. The number of thiophene rings is 1. The minimum atomic E-state index is -0.295. The lowest BCUT2D eigenvalue weighted by Crippen LogP contribution is -2.39. The van der Waals surface area contributed by atoms with Gasteiger partial charge in [-0.25, -0.2) is 0 Å². The van der Waals surface area contributed by atoms with Gasteiger partial charge in [-0.05, 0) is 43.7 Å². The van der Waals surface area contributed by atoms with Crippen LogP contribution < -0.4 is 15.4 Å². The Morgan fingerprint density at radius 2 is 2.19 bits per heavy atom. The molecule has 7 heteroatoms. The first-order valence-corrected chi connectivity index (χ1v) is 10.6. The van der Waals surface area contributed by atoms with Gasteiger partial charge in [0.2, 0.25) is 0 Å². The number of anilines is 1. The van der Waals surface area contributed by atoms with Crippen molar-refractivity contribution in [1.82, 2.24) is 10.2 Å². The molecule has 0 saturated carbocycles. The lowest BCUT2D eigenvalue weighted by Gasteiger charge is -2.29. The number of amides is 1. The molecule has 2 aliphatic rings. The largest absolute Gasteiger partial charge is 0.493 e. The van der Waals surface area contributed by atoms with Gasteiger partial charge in [0.1, 0.15) is 16.9 Å². The first-order chi connectivity index (χ1) is 12.6. The molecule has 0 aliphatic carbocycles. The van der Waals surface area contributed by atoms with Crippen LogP contribution in [-0.2, 0) is 13.0 Å². The SMILES string of the molecule is CCOc1ccc(Br)cc1C1NC(=O)c2c(sc3c2CCN(CC)C3)N1. The third-order valence-electron chi connectivity index (χ3n) is 4.94. The van der Waals surface area contributed by atoms with E-state index >= 15 is 0 Å². The Balaban J connectivity index is 1.68. The molecule has 1 amide bonds. The molecular formula is C19H22BrN3O2S. The standard InChI is InChI=1S/C19H22BrN3O2S/c1-3-23-8-7-12-15(10-23)26-19-16(12)18(24)21-17(22-19)13-9-11(20)5-6-14(13)25-4-2/h5-6,9,17,22H,3-4,7-8,10H2,1-2H3,(H,21,24). The summed E-state index contributed by atoms with van der Waals surface area (Å²) >= 11 is 5.24. The molecule has 2 aromatic rings. The van der Waals surface area contributed by atoms with Gasteiger partial charge in [0.15, 0.2) is 0 Å². The van der Waals surface area contributed by atoms with Crippen molar-refractivity contribution in [2.24, 2.45) is 0 Å². The van der Waals surface area contributed by atoms with E-state index in [-0.39, 0.29) is 12.1 Å². The molecule has 1 aromatic carbocycles. The molecule has 0 saturated heterocycles. The first-order valence-electron chi connectivity index (χ1n) is 8.97. The van der Waals surface area contributed by atoms with Crippen molar-refractivity contribution in [1.29, 1.82) is 0 Å². The first kappa shape index (κ1) is 17.8. The second kappa shape index (κ2) is 7.21. The molecule has 5 nitrogen and oxygen atoms in total. The fourth-order valence-electron chi connectivity index (χ4n) is 3.63. The smallest absolute Gasteiger partial charge is 0.256 e. The molecule has 0 spiro atoms. The van der Waals surface area contributed by atoms with Crippen molar-refractivity contribution in [2.45, 2.75) is 33.0 Å². The van der Waals surface area contributed by atoms with Gasteiger partial charge in [-0.1, -0.05) is 22.9 Å². The van der Waals surface area contributed by atoms with E-state index in [0.717, 1.165) is 52.4 Å². The molecule has 0 fully saturated rings. The minimum absolute atomic E-state index is 0.00798. The predicted molar refractivity (Wildman–Crippen MR) is 108 cm³/mol. The van der Waals surface area contributed by atoms with Crippen LogP contribution in [0, 0.1) is 0 Å². The molecule has 138 valence electrons. The summed E-state index contributed by atoms with van der Waals surface area (Å²) in [6.45, 7) is 7.72. The average molecular weight is 436 g/mol. The maximum absolute atomic E-state index is 12.9. The van der Waals surface area contributed by atoms with E-state index in [0.29, 0.717) is 6.61 Å². The number of carbonyl (C=O) groups is 1. The van der Waals surface area contributed by atoms with E-state index in [1.807, 2.05) is 25.1 Å². The minimum Gasteiger partial charge on any atom is -0.493 e. The second-order valence-electron chi connectivity index (χ2n) is 6.49. The summed E-state index contributed by atoms with van der Waals surface area (Å²) in [5.41, 5.74) is 2.99. The molecular weight excluding hydrogens is 414 g/mol. The predicted octanol–water partition coefficient (Wildman–Crippen LogP) is 4.14. The summed E-state index contributed by atoms with van der Waals surface area (Å²) < 4.78 is 6.72. The fourth-order valence-corrected chi connectivity index (χ4v) is 5.32. The summed E-state index contributed by atoms with van der Waals surface area (Å²) in [7, 11) is 0. The van der Waals surface area contributed by atoms with Crippen molar-refractivity contribution in [2.75, 3.05) is 25.0 Å². The van der Waals surface area contributed by atoms with Gasteiger partial charge in [-0.2, -0.15) is 0 Å². The van der Waals surface area contributed by atoms with Gasteiger partial charge in [-0.3, -0.25) is 9.69 Å². The van der Waals surface area contributed by atoms with Crippen LogP contribution >= 0.6 is 27.3 Å². The Morgan fingerprint density at radius 3 is 2.96 bits per heavy atom. The maximum atomic E-state index is 12.9. The van der Waals surface area contributed by atoms with E-state index in [9.17, 15) is 4.79 Å². The van der Waals surface area contributed by atoms with E-state index < -0.39 is 0 Å². The van der Waals surface area contributed by atoms with Crippen LogP contribution in [0.2, 0.25) is 0 Å². The molecule has 0 radical (unpaired) electrons. The number of carbonyl (C=O) groups excluding carboxylic acids is 1. The number of fused-ring (bicyclic) bond motifs is 3. The zero-order valence-corrected chi connectivity index (χ0v) is 17.3. The Labute approximate surface area is 165 Å². The number of halogens is 1. The Bertz CT molecular complexity index is 852. The highest BCUT2D eigenvalue weighted by Crippen LogP contribution is 2.42. The summed E-state index contributed by atoms with van der Waals surface area (Å²) in [4.78, 5) is 16.6. The zero-order valence-electron chi connectivity index (χ0n) is 14.9. The van der Waals surface area contributed by atoms with E-state index in [1.165, 1.54) is 10.4 Å². The number of nitrogens with zero attached hydrogens (tertiary/aromatic N) is 1. The van der Waals surface area contributed by atoms with Gasteiger partial charge in [0.25, 0.3) is 5.91 Å². The lowest BCUT2D eigenvalue weighted by atomic mass is 10.00.